The minimum Gasteiger partial charge on any atom is -0.0774 e. The summed E-state index contributed by atoms with van der Waals surface area (Å²) in [6, 6.07) is 57.6. The van der Waals surface area contributed by atoms with Gasteiger partial charge in [-0.3, -0.25) is 0 Å². The lowest BCUT2D eigenvalue weighted by Crippen LogP contribution is -2.57. The standard InChI is InChI=1S/C49H55P3Si4/c1-53(2,3)44-33-31-40(36-23-15-11-16-24-36)46(50-44)55(7,8)48-42(38-27-19-13-20-28-38)35-43(39-29-21-14-22-30-39)49(52-48)56(9,10)47-41(37-25-17-12-18-26-37)32-34-45(51-47)54(4,5)6/h11-35H,1-10H3. The first-order valence-electron chi connectivity index (χ1n) is 19.9. The summed E-state index contributed by atoms with van der Waals surface area (Å²) in [5.41, 5.74) is 11.1. The van der Waals surface area contributed by atoms with Gasteiger partial charge >= 0.3 is 0 Å². The van der Waals surface area contributed by atoms with Gasteiger partial charge in [-0.2, -0.15) is 0 Å². The molecule has 282 valence electrons. The van der Waals surface area contributed by atoms with E-state index in [2.05, 4.69) is 217 Å². The lowest BCUT2D eigenvalue weighted by molar-refractivity contribution is 1.63. The molecule has 0 saturated heterocycles. The highest BCUT2D eigenvalue weighted by Crippen LogP contribution is 2.36. The zero-order valence-electron chi connectivity index (χ0n) is 34.8. The van der Waals surface area contributed by atoms with Gasteiger partial charge in [0.15, 0.2) is 0 Å². The van der Waals surface area contributed by atoms with Crippen LogP contribution >= 0.6 is 24.6 Å². The largest absolute Gasteiger partial charge is 0.125 e. The van der Waals surface area contributed by atoms with Crippen LogP contribution in [0, 0.1) is 0 Å². The van der Waals surface area contributed by atoms with Crippen molar-refractivity contribution >= 4 is 86.4 Å². The van der Waals surface area contributed by atoms with Crippen LogP contribution in [0.25, 0.3) is 44.5 Å². The summed E-state index contributed by atoms with van der Waals surface area (Å²) in [4.78, 5) is 9.90. The van der Waals surface area contributed by atoms with Gasteiger partial charge in [0.1, 0.15) is 16.1 Å². The topological polar surface area (TPSA) is 0 Å². The molecule has 0 atom stereocenters. The van der Waals surface area contributed by atoms with E-state index in [-0.39, 0.29) is 0 Å². The summed E-state index contributed by atoms with van der Waals surface area (Å²) in [7, 11) is -3.49. The van der Waals surface area contributed by atoms with Crippen LogP contribution < -0.4 is 29.5 Å². The molecule has 0 bridgehead atoms. The SMILES string of the molecule is C[Si](C)(C)c1ccc(-c2ccccc2)c([Si](C)(C)c2pc([Si](C)(C)c3pc([Si](C)(C)C)ccc3-c3ccccc3)c(-c3ccccc3)cc2-c2ccccc2)p1. The fourth-order valence-electron chi connectivity index (χ4n) is 7.77. The van der Waals surface area contributed by atoms with Crippen molar-refractivity contribution in [1.82, 2.24) is 0 Å². The molecule has 0 unspecified atom stereocenters. The second-order valence-electron chi connectivity index (χ2n) is 18.2. The summed E-state index contributed by atoms with van der Waals surface area (Å²) >= 11 is 0. The first-order chi connectivity index (χ1) is 26.6. The average molecular weight is 849 g/mol. The molecule has 3 heterocycles. The minimum atomic E-state index is -2.33. The van der Waals surface area contributed by atoms with Crippen molar-refractivity contribution in [3.8, 4) is 44.5 Å². The van der Waals surface area contributed by atoms with E-state index in [0.717, 1.165) is 0 Å². The molecule has 7 rings (SSSR count). The molecule has 4 aromatic carbocycles. The van der Waals surface area contributed by atoms with Crippen molar-refractivity contribution < 1.29 is 0 Å². The van der Waals surface area contributed by atoms with Crippen LogP contribution in [0.1, 0.15) is 0 Å². The van der Waals surface area contributed by atoms with Crippen molar-refractivity contribution in [2.75, 3.05) is 0 Å². The highest BCUT2D eigenvalue weighted by molar-refractivity contribution is 7.59. The third-order valence-corrected chi connectivity index (χ3v) is 35.7. The van der Waals surface area contributed by atoms with Crippen LogP contribution in [-0.4, -0.2) is 32.3 Å². The third-order valence-electron chi connectivity index (χ3n) is 11.1. The summed E-state index contributed by atoms with van der Waals surface area (Å²) in [5, 5.41) is 0. The van der Waals surface area contributed by atoms with E-state index >= 15 is 0 Å². The molecule has 0 fully saturated rings. The van der Waals surface area contributed by atoms with Gasteiger partial charge in [0.2, 0.25) is 0 Å². The Hall–Kier alpha value is -3.30. The summed E-state index contributed by atoms with van der Waals surface area (Å²) in [5.74, 6) is 0. The molecule has 7 heteroatoms. The Morgan fingerprint density at radius 1 is 0.286 bits per heavy atom. The van der Waals surface area contributed by atoms with Gasteiger partial charge in [-0.05, 0) is 80.1 Å². The summed E-state index contributed by atoms with van der Waals surface area (Å²) in [6.45, 7) is 25.8. The van der Waals surface area contributed by atoms with E-state index in [0.29, 0.717) is 0 Å². The number of rotatable bonds is 10. The molecule has 3 aromatic heterocycles. The van der Waals surface area contributed by atoms with Gasteiger partial charge in [-0.15, -0.1) is 0 Å². The Balaban J connectivity index is 1.60. The lowest BCUT2D eigenvalue weighted by atomic mass is 10.0. The van der Waals surface area contributed by atoms with Gasteiger partial charge in [-0.1, -0.05) is 236 Å². The Labute approximate surface area is 345 Å². The minimum absolute atomic E-state index is 1.33. The molecule has 0 amide bonds. The normalized spacial score (nSPS) is 12.9. The van der Waals surface area contributed by atoms with Gasteiger partial charge in [0.05, 0.1) is 16.1 Å². The monoisotopic (exact) mass is 848 g/mol. The fraction of sp³-hybridized carbons (Fsp3) is 0.204. The quantitative estimate of drug-likeness (QED) is 0.120. The Morgan fingerprint density at radius 2 is 0.554 bits per heavy atom. The number of benzene rings is 4. The van der Waals surface area contributed by atoms with Crippen molar-refractivity contribution in [3.05, 3.63) is 152 Å². The zero-order chi connectivity index (χ0) is 39.9. The molecular weight excluding hydrogens is 794 g/mol. The van der Waals surface area contributed by atoms with Gasteiger partial charge in [-0.25, -0.2) is 0 Å². The van der Waals surface area contributed by atoms with Crippen LogP contribution in [0.15, 0.2) is 152 Å². The third kappa shape index (κ3) is 8.32. The lowest BCUT2D eigenvalue weighted by Gasteiger charge is -2.34. The van der Waals surface area contributed by atoms with Crippen molar-refractivity contribution in [2.45, 2.75) is 65.5 Å². The number of hydrogen-bond acceptors (Lipinski definition) is 0. The van der Waals surface area contributed by atoms with Gasteiger partial charge < -0.3 is 0 Å². The first kappa shape index (κ1) is 40.9. The summed E-state index contributed by atoms with van der Waals surface area (Å²) < 4.78 is 0. The van der Waals surface area contributed by atoms with E-state index in [1.807, 2.05) is 0 Å². The van der Waals surface area contributed by atoms with Crippen LogP contribution in [0.3, 0.4) is 0 Å². The van der Waals surface area contributed by atoms with E-state index in [1.54, 1.807) is 29.5 Å². The van der Waals surface area contributed by atoms with Crippen LogP contribution in [0.4, 0.5) is 0 Å². The zero-order valence-corrected chi connectivity index (χ0v) is 41.5. The molecule has 0 aliphatic carbocycles. The van der Waals surface area contributed by atoms with Crippen molar-refractivity contribution in [1.29, 1.82) is 0 Å². The predicted octanol–water partition coefficient (Wildman–Crippen LogP) is 12.8. The molecule has 0 nitrogen and oxygen atoms in total. The highest BCUT2D eigenvalue weighted by atomic mass is 31.0. The first-order valence-corrected chi connectivity index (χ1v) is 35.6. The molecule has 0 saturated carbocycles. The van der Waals surface area contributed by atoms with Gasteiger partial charge in [0, 0.05) is 0 Å². The number of hydrogen-bond donors (Lipinski definition) is 0. The van der Waals surface area contributed by atoms with Gasteiger partial charge in [0.25, 0.3) is 0 Å². The van der Waals surface area contributed by atoms with Crippen LogP contribution in [0.5, 0.6) is 0 Å². The van der Waals surface area contributed by atoms with Crippen LogP contribution in [-0.2, 0) is 0 Å². The van der Waals surface area contributed by atoms with E-state index < -0.39 is 32.3 Å². The van der Waals surface area contributed by atoms with E-state index in [1.165, 1.54) is 69.1 Å². The fourth-order valence-corrected chi connectivity index (χ4v) is 27.3. The Kier molecular flexibility index (Phi) is 11.8. The highest BCUT2D eigenvalue weighted by Gasteiger charge is 2.39. The van der Waals surface area contributed by atoms with E-state index in [9.17, 15) is 0 Å². The molecular formula is C49H55P3Si4. The van der Waals surface area contributed by atoms with E-state index in [4.69, 9.17) is 0 Å². The molecule has 56 heavy (non-hydrogen) atoms. The van der Waals surface area contributed by atoms with Crippen molar-refractivity contribution in [3.63, 3.8) is 0 Å². The molecule has 0 radical (unpaired) electrons. The maximum Gasteiger partial charge on any atom is 0.125 e. The molecule has 0 aliphatic heterocycles. The molecule has 0 N–H and O–H groups in total. The Morgan fingerprint density at radius 3 is 0.839 bits per heavy atom. The average Bonchev–Trinajstić information content (AvgIpc) is 3.20. The smallest absolute Gasteiger partial charge is 0.0774 e. The maximum atomic E-state index is 2.67. The van der Waals surface area contributed by atoms with Crippen molar-refractivity contribution in [2.24, 2.45) is 0 Å². The van der Waals surface area contributed by atoms with Crippen LogP contribution in [0.2, 0.25) is 65.5 Å². The molecule has 0 spiro atoms. The molecule has 7 aromatic rings. The maximum absolute atomic E-state index is 2.67. The molecule has 0 aliphatic rings. The summed E-state index contributed by atoms with van der Waals surface area (Å²) in [6.07, 6.45) is 0. The predicted molar refractivity (Wildman–Crippen MR) is 268 cm³/mol. The second-order valence-corrected chi connectivity index (χ2v) is 42.7. The second kappa shape index (κ2) is 16.2. The Bertz CT molecular complexity index is 2300.